The number of hydrogen-bond donors (Lipinski definition) is 0. The molecule has 1 aromatic carbocycles. The lowest BCUT2D eigenvalue weighted by atomic mass is 10.2. The SMILES string of the molecule is COc1ccc(Cn2nc(C)c3cnccc32)c(OC)c1. The predicted octanol–water partition coefficient (Wildman–Crippen LogP) is 2.81. The van der Waals surface area contributed by atoms with Gasteiger partial charge in [0.15, 0.2) is 0 Å². The van der Waals surface area contributed by atoms with E-state index >= 15 is 0 Å². The Labute approximate surface area is 123 Å². The largest absolute Gasteiger partial charge is 0.497 e. The molecule has 0 spiro atoms. The topological polar surface area (TPSA) is 49.2 Å². The third-order valence-electron chi connectivity index (χ3n) is 3.55. The highest BCUT2D eigenvalue weighted by Crippen LogP contribution is 2.26. The number of hydrogen-bond acceptors (Lipinski definition) is 4. The summed E-state index contributed by atoms with van der Waals surface area (Å²) < 4.78 is 12.6. The summed E-state index contributed by atoms with van der Waals surface area (Å²) in [5.41, 5.74) is 3.10. The van der Waals surface area contributed by atoms with Crippen LogP contribution in [0.5, 0.6) is 11.5 Å². The Morgan fingerprint density at radius 2 is 2.00 bits per heavy atom. The zero-order valence-corrected chi connectivity index (χ0v) is 12.3. The number of fused-ring (bicyclic) bond motifs is 1. The van der Waals surface area contributed by atoms with Crippen molar-refractivity contribution >= 4 is 10.9 Å². The van der Waals surface area contributed by atoms with Crippen molar-refractivity contribution in [1.29, 1.82) is 0 Å². The molecule has 0 amide bonds. The van der Waals surface area contributed by atoms with Crippen LogP contribution in [0.2, 0.25) is 0 Å². The van der Waals surface area contributed by atoms with Crippen LogP contribution in [0.3, 0.4) is 0 Å². The van der Waals surface area contributed by atoms with Crippen molar-refractivity contribution in [2.24, 2.45) is 0 Å². The van der Waals surface area contributed by atoms with Gasteiger partial charge in [0.1, 0.15) is 11.5 Å². The third kappa shape index (κ3) is 2.42. The fraction of sp³-hybridized carbons (Fsp3) is 0.250. The van der Waals surface area contributed by atoms with Crippen LogP contribution in [0.15, 0.2) is 36.7 Å². The minimum Gasteiger partial charge on any atom is -0.497 e. The summed E-state index contributed by atoms with van der Waals surface area (Å²) in [5, 5.41) is 5.67. The summed E-state index contributed by atoms with van der Waals surface area (Å²) in [6.45, 7) is 2.63. The molecule has 0 atom stereocenters. The van der Waals surface area contributed by atoms with E-state index in [0.29, 0.717) is 6.54 Å². The summed E-state index contributed by atoms with van der Waals surface area (Å²) in [6, 6.07) is 7.79. The maximum Gasteiger partial charge on any atom is 0.127 e. The summed E-state index contributed by atoms with van der Waals surface area (Å²) in [7, 11) is 3.31. The number of pyridine rings is 1. The van der Waals surface area contributed by atoms with E-state index in [0.717, 1.165) is 33.7 Å². The van der Waals surface area contributed by atoms with Crippen LogP contribution in [0.1, 0.15) is 11.3 Å². The normalized spacial score (nSPS) is 10.8. The van der Waals surface area contributed by atoms with Crippen LogP contribution < -0.4 is 9.47 Å². The Kier molecular flexibility index (Phi) is 3.48. The minimum absolute atomic E-state index is 0.640. The van der Waals surface area contributed by atoms with Crippen molar-refractivity contribution in [3.63, 3.8) is 0 Å². The Bertz CT molecular complexity index is 780. The van der Waals surface area contributed by atoms with Gasteiger partial charge in [-0.3, -0.25) is 9.67 Å². The molecule has 0 radical (unpaired) electrons. The minimum atomic E-state index is 0.640. The van der Waals surface area contributed by atoms with E-state index in [4.69, 9.17) is 9.47 Å². The lowest BCUT2D eigenvalue weighted by Gasteiger charge is -2.11. The van der Waals surface area contributed by atoms with Gasteiger partial charge in [-0.1, -0.05) is 0 Å². The van der Waals surface area contributed by atoms with Crippen molar-refractivity contribution in [1.82, 2.24) is 14.8 Å². The van der Waals surface area contributed by atoms with Gasteiger partial charge in [0.25, 0.3) is 0 Å². The molecule has 0 saturated carbocycles. The third-order valence-corrected chi connectivity index (χ3v) is 3.55. The van der Waals surface area contributed by atoms with Crippen molar-refractivity contribution in [2.45, 2.75) is 13.5 Å². The molecule has 3 aromatic rings. The first kappa shape index (κ1) is 13.4. The fourth-order valence-corrected chi connectivity index (χ4v) is 2.44. The van der Waals surface area contributed by atoms with Crippen molar-refractivity contribution in [2.75, 3.05) is 14.2 Å². The number of nitrogens with zero attached hydrogens (tertiary/aromatic N) is 3. The monoisotopic (exact) mass is 283 g/mol. The van der Waals surface area contributed by atoms with Gasteiger partial charge in [-0.25, -0.2) is 0 Å². The predicted molar refractivity (Wildman–Crippen MR) is 80.9 cm³/mol. The highest BCUT2D eigenvalue weighted by Gasteiger charge is 2.11. The van der Waals surface area contributed by atoms with Crippen LogP contribution in [-0.4, -0.2) is 29.0 Å². The van der Waals surface area contributed by atoms with Gasteiger partial charge in [0.05, 0.1) is 32.0 Å². The van der Waals surface area contributed by atoms with Gasteiger partial charge in [-0.05, 0) is 25.1 Å². The number of methoxy groups -OCH3 is 2. The molecule has 5 heteroatoms. The highest BCUT2D eigenvalue weighted by atomic mass is 16.5. The number of benzene rings is 1. The van der Waals surface area contributed by atoms with E-state index in [2.05, 4.69) is 10.1 Å². The van der Waals surface area contributed by atoms with E-state index in [1.54, 1.807) is 20.4 Å². The zero-order valence-electron chi connectivity index (χ0n) is 12.3. The van der Waals surface area contributed by atoms with E-state index in [1.807, 2.05) is 42.1 Å². The molecule has 3 rings (SSSR count). The maximum absolute atomic E-state index is 5.45. The quantitative estimate of drug-likeness (QED) is 0.738. The lowest BCUT2D eigenvalue weighted by Crippen LogP contribution is -2.04. The molecule has 0 bridgehead atoms. The van der Waals surface area contributed by atoms with E-state index in [-0.39, 0.29) is 0 Å². The Balaban J connectivity index is 2.02. The van der Waals surface area contributed by atoms with Gasteiger partial charge >= 0.3 is 0 Å². The Morgan fingerprint density at radius 3 is 2.76 bits per heavy atom. The molecule has 0 aliphatic carbocycles. The molecular formula is C16H17N3O2. The van der Waals surface area contributed by atoms with Crippen LogP contribution in [0, 0.1) is 6.92 Å². The molecule has 0 fully saturated rings. The van der Waals surface area contributed by atoms with E-state index in [1.165, 1.54) is 0 Å². The van der Waals surface area contributed by atoms with Crippen molar-refractivity contribution < 1.29 is 9.47 Å². The molecule has 2 aromatic heterocycles. The van der Waals surface area contributed by atoms with Crippen LogP contribution in [0.4, 0.5) is 0 Å². The molecule has 0 N–H and O–H groups in total. The summed E-state index contributed by atoms with van der Waals surface area (Å²) in [6.07, 6.45) is 3.63. The second kappa shape index (κ2) is 5.44. The van der Waals surface area contributed by atoms with Gasteiger partial charge in [0, 0.05) is 29.4 Å². The Morgan fingerprint density at radius 1 is 1.14 bits per heavy atom. The smallest absolute Gasteiger partial charge is 0.127 e. The highest BCUT2D eigenvalue weighted by molar-refractivity contribution is 5.80. The van der Waals surface area contributed by atoms with Gasteiger partial charge in [-0.15, -0.1) is 0 Å². The molecule has 2 heterocycles. The Hall–Kier alpha value is -2.56. The molecule has 5 nitrogen and oxygen atoms in total. The lowest BCUT2D eigenvalue weighted by molar-refractivity contribution is 0.390. The molecule has 0 saturated heterocycles. The van der Waals surface area contributed by atoms with Crippen molar-refractivity contribution in [3.05, 3.63) is 47.9 Å². The van der Waals surface area contributed by atoms with E-state index in [9.17, 15) is 0 Å². The average Bonchev–Trinajstić information content (AvgIpc) is 2.84. The number of ether oxygens (including phenoxy) is 2. The van der Waals surface area contributed by atoms with Crippen molar-refractivity contribution in [3.8, 4) is 11.5 Å². The molecule has 0 aliphatic heterocycles. The first-order valence-corrected chi connectivity index (χ1v) is 6.71. The maximum atomic E-state index is 5.45. The first-order chi connectivity index (χ1) is 10.2. The second-order valence-corrected chi connectivity index (χ2v) is 4.81. The summed E-state index contributed by atoms with van der Waals surface area (Å²) in [5.74, 6) is 1.58. The number of rotatable bonds is 4. The van der Waals surface area contributed by atoms with Gasteiger partial charge < -0.3 is 9.47 Å². The molecule has 108 valence electrons. The summed E-state index contributed by atoms with van der Waals surface area (Å²) in [4.78, 5) is 4.16. The van der Waals surface area contributed by atoms with E-state index < -0.39 is 0 Å². The first-order valence-electron chi connectivity index (χ1n) is 6.71. The number of aryl methyl sites for hydroxylation is 1. The van der Waals surface area contributed by atoms with Crippen LogP contribution in [0.25, 0.3) is 10.9 Å². The van der Waals surface area contributed by atoms with Gasteiger partial charge in [0.2, 0.25) is 0 Å². The van der Waals surface area contributed by atoms with Gasteiger partial charge in [-0.2, -0.15) is 5.10 Å². The molecular weight excluding hydrogens is 266 g/mol. The summed E-state index contributed by atoms with van der Waals surface area (Å²) >= 11 is 0. The molecule has 0 aliphatic rings. The fourth-order valence-electron chi connectivity index (χ4n) is 2.44. The second-order valence-electron chi connectivity index (χ2n) is 4.81. The average molecular weight is 283 g/mol. The standard InChI is InChI=1S/C16H17N3O2/c1-11-14-9-17-7-6-15(14)19(18-11)10-12-4-5-13(20-2)8-16(12)21-3/h4-9H,10H2,1-3H3. The van der Waals surface area contributed by atoms with Crippen LogP contribution in [-0.2, 0) is 6.54 Å². The van der Waals surface area contributed by atoms with Crippen LogP contribution >= 0.6 is 0 Å². The molecule has 21 heavy (non-hydrogen) atoms. The number of aromatic nitrogens is 3. The zero-order chi connectivity index (χ0) is 14.8. The molecule has 0 unspecified atom stereocenters.